The van der Waals surface area contributed by atoms with Crippen molar-refractivity contribution in [2.75, 3.05) is 58.9 Å². The van der Waals surface area contributed by atoms with E-state index in [0.29, 0.717) is 5.11 Å². The molecule has 1 fully saturated rings. The van der Waals surface area contributed by atoms with Crippen LogP contribution in [0.1, 0.15) is 25.1 Å². The second-order valence-electron chi connectivity index (χ2n) is 8.37. The van der Waals surface area contributed by atoms with Crippen LogP contribution in [0.5, 0.6) is 11.5 Å². The standard InChI is InChI=1S/C26H33N3O4S/c1-19(24-17-20-7-4-10-23(31-3)25(20)33-24)29(12-6-11-28-13-15-32-16-14-28)26(34)27-21-8-5-9-22(18-21)30-2/h4-5,7-10,17-19H,6,11-16H2,1-3H3,(H,27,34)/t19-/m1/s1. The Balaban J connectivity index is 1.53. The molecule has 4 rings (SSSR count). The van der Waals surface area contributed by atoms with Gasteiger partial charge >= 0.3 is 0 Å². The maximum absolute atomic E-state index is 6.26. The number of hydrogen-bond donors (Lipinski definition) is 1. The molecule has 182 valence electrons. The first kappa shape index (κ1) is 24.3. The van der Waals surface area contributed by atoms with E-state index in [0.717, 1.165) is 79.7 Å². The average molecular weight is 484 g/mol. The van der Waals surface area contributed by atoms with Crippen molar-refractivity contribution < 1.29 is 18.6 Å². The number of rotatable bonds is 9. The molecule has 7 nitrogen and oxygen atoms in total. The van der Waals surface area contributed by atoms with Crippen LogP contribution in [0.2, 0.25) is 0 Å². The van der Waals surface area contributed by atoms with Crippen molar-refractivity contribution in [1.82, 2.24) is 9.80 Å². The number of nitrogens with one attached hydrogen (secondary N) is 1. The number of methoxy groups -OCH3 is 2. The molecule has 1 aliphatic rings. The van der Waals surface area contributed by atoms with E-state index in [1.807, 2.05) is 42.5 Å². The lowest BCUT2D eigenvalue weighted by molar-refractivity contribution is 0.0365. The normalized spacial score (nSPS) is 15.1. The van der Waals surface area contributed by atoms with Crippen molar-refractivity contribution in [3.8, 4) is 11.5 Å². The van der Waals surface area contributed by atoms with E-state index in [4.69, 9.17) is 30.8 Å². The van der Waals surface area contributed by atoms with Gasteiger partial charge in [-0.05, 0) is 49.8 Å². The van der Waals surface area contributed by atoms with E-state index < -0.39 is 0 Å². The quantitative estimate of drug-likeness (QED) is 0.430. The molecular weight excluding hydrogens is 450 g/mol. The van der Waals surface area contributed by atoms with Gasteiger partial charge in [0.25, 0.3) is 0 Å². The molecule has 2 aromatic carbocycles. The molecule has 0 amide bonds. The van der Waals surface area contributed by atoms with Gasteiger partial charge in [0.2, 0.25) is 0 Å². The fourth-order valence-electron chi connectivity index (χ4n) is 4.23. The van der Waals surface area contributed by atoms with E-state index in [2.05, 4.69) is 28.1 Å². The lowest BCUT2D eigenvalue weighted by atomic mass is 10.2. The topological polar surface area (TPSA) is 59.3 Å². The van der Waals surface area contributed by atoms with Crippen LogP contribution in [-0.2, 0) is 4.74 Å². The highest BCUT2D eigenvalue weighted by atomic mass is 32.1. The Labute approximate surface area is 206 Å². The van der Waals surface area contributed by atoms with E-state index in [1.165, 1.54) is 0 Å². The summed E-state index contributed by atoms with van der Waals surface area (Å²) in [6, 6.07) is 15.7. The maximum atomic E-state index is 6.26. The summed E-state index contributed by atoms with van der Waals surface area (Å²) in [5.41, 5.74) is 1.65. The number of furan rings is 1. The summed E-state index contributed by atoms with van der Waals surface area (Å²) in [4.78, 5) is 4.64. The summed E-state index contributed by atoms with van der Waals surface area (Å²) < 4.78 is 22.6. The zero-order chi connectivity index (χ0) is 23.9. The molecule has 1 aromatic heterocycles. The molecule has 0 unspecified atom stereocenters. The summed E-state index contributed by atoms with van der Waals surface area (Å²) in [7, 11) is 3.32. The van der Waals surface area contributed by atoms with Crippen LogP contribution >= 0.6 is 12.2 Å². The van der Waals surface area contributed by atoms with E-state index in [-0.39, 0.29) is 6.04 Å². The van der Waals surface area contributed by atoms with E-state index in [9.17, 15) is 0 Å². The van der Waals surface area contributed by atoms with Crippen molar-refractivity contribution in [2.45, 2.75) is 19.4 Å². The number of hydrogen-bond acceptors (Lipinski definition) is 6. The second-order valence-corrected chi connectivity index (χ2v) is 8.75. The van der Waals surface area contributed by atoms with Crippen molar-refractivity contribution in [1.29, 1.82) is 0 Å². The van der Waals surface area contributed by atoms with Crippen LogP contribution in [0.4, 0.5) is 5.69 Å². The Kier molecular flexibility index (Phi) is 8.26. The first-order valence-corrected chi connectivity index (χ1v) is 12.1. The third-order valence-electron chi connectivity index (χ3n) is 6.19. The monoisotopic (exact) mass is 483 g/mol. The predicted molar refractivity (Wildman–Crippen MR) is 139 cm³/mol. The Morgan fingerprint density at radius 1 is 1.12 bits per heavy atom. The Bertz CT molecular complexity index is 1100. The molecule has 1 saturated heterocycles. The smallest absolute Gasteiger partial charge is 0.176 e. The molecule has 1 atom stereocenters. The van der Waals surface area contributed by atoms with E-state index >= 15 is 0 Å². The second kappa shape index (κ2) is 11.6. The molecule has 0 bridgehead atoms. The zero-order valence-electron chi connectivity index (χ0n) is 20.1. The number of nitrogens with zero attached hydrogens (tertiary/aromatic N) is 2. The highest BCUT2D eigenvalue weighted by molar-refractivity contribution is 7.80. The first-order chi connectivity index (χ1) is 16.6. The van der Waals surface area contributed by atoms with Crippen LogP contribution in [-0.4, -0.2) is 68.5 Å². The first-order valence-electron chi connectivity index (χ1n) is 11.7. The maximum Gasteiger partial charge on any atom is 0.176 e. The molecular formula is C26H33N3O4S. The Morgan fingerprint density at radius 2 is 1.91 bits per heavy atom. The summed E-state index contributed by atoms with van der Waals surface area (Å²) in [6.45, 7) is 7.48. The SMILES string of the molecule is COc1cccc(NC(=S)N(CCCN2CCOCC2)[C@H](C)c2cc3cccc(OC)c3o2)c1. The average Bonchev–Trinajstić information content (AvgIpc) is 3.31. The molecule has 0 spiro atoms. The largest absolute Gasteiger partial charge is 0.497 e. The highest BCUT2D eigenvalue weighted by Gasteiger charge is 2.23. The van der Waals surface area contributed by atoms with Crippen LogP contribution in [0.15, 0.2) is 52.9 Å². The number of thiocarbonyl (C=S) groups is 1. The van der Waals surface area contributed by atoms with Gasteiger partial charge in [0, 0.05) is 43.3 Å². The Hall–Kier alpha value is -2.81. The van der Waals surface area contributed by atoms with Crippen molar-refractivity contribution in [3.63, 3.8) is 0 Å². The van der Waals surface area contributed by atoms with Crippen molar-refractivity contribution in [3.05, 3.63) is 54.3 Å². The van der Waals surface area contributed by atoms with Crippen molar-refractivity contribution >= 4 is 34.0 Å². The van der Waals surface area contributed by atoms with Crippen LogP contribution in [0, 0.1) is 0 Å². The minimum Gasteiger partial charge on any atom is -0.497 e. The fraction of sp³-hybridized carbons (Fsp3) is 0.423. The van der Waals surface area contributed by atoms with Gasteiger partial charge in [0.1, 0.15) is 11.5 Å². The molecule has 34 heavy (non-hydrogen) atoms. The highest BCUT2D eigenvalue weighted by Crippen LogP contribution is 2.33. The van der Waals surface area contributed by atoms with Gasteiger partial charge in [-0.25, -0.2) is 0 Å². The number of ether oxygens (including phenoxy) is 3. The minimum atomic E-state index is -0.0626. The molecule has 0 saturated carbocycles. The Morgan fingerprint density at radius 3 is 2.68 bits per heavy atom. The summed E-state index contributed by atoms with van der Waals surface area (Å²) in [6.07, 6.45) is 0.980. The number of fused-ring (bicyclic) bond motifs is 1. The van der Waals surface area contributed by atoms with Gasteiger partial charge in [-0.1, -0.05) is 18.2 Å². The molecule has 3 aromatic rings. The van der Waals surface area contributed by atoms with Gasteiger partial charge in [0.15, 0.2) is 16.4 Å². The predicted octanol–water partition coefficient (Wildman–Crippen LogP) is 4.93. The van der Waals surface area contributed by atoms with Crippen LogP contribution in [0.25, 0.3) is 11.0 Å². The van der Waals surface area contributed by atoms with E-state index in [1.54, 1.807) is 14.2 Å². The summed E-state index contributed by atoms with van der Waals surface area (Å²) >= 11 is 5.89. The van der Waals surface area contributed by atoms with Gasteiger partial charge < -0.3 is 28.8 Å². The van der Waals surface area contributed by atoms with Crippen LogP contribution < -0.4 is 14.8 Å². The number of anilines is 1. The summed E-state index contributed by atoms with van der Waals surface area (Å²) in [5.74, 6) is 2.36. The lowest BCUT2D eigenvalue weighted by Gasteiger charge is -2.32. The number of benzene rings is 2. The van der Waals surface area contributed by atoms with Gasteiger partial charge in [0.05, 0.1) is 33.5 Å². The molecule has 8 heteroatoms. The minimum absolute atomic E-state index is 0.0626. The molecule has 0 aliphatic carbocycles. The molecule has 0 radical (unpaired) electrons. The molecule has 1 N–H and O–H groups in total. The van der Waals surface area contributed by atoms with Crippen molar-refractivity contribution in [2.24, 2.45) is 0 Å². The number of para-hydroxylation sites is 1. The third-order valence-corrected chi connectivity index (χ3v) is 6.52. The van der Waals surface area contributed by atoms with Gasteiger partial charge in [-0.2, -0.15) is 0 Å². The molecule has 1 aliphatic heterocycles. The number of morpholine rings is 1. The lowest BCUT2D eigenvalue weighted by Crippen LogP contribution is -2.41. The third kappa shape index (κ3) is 5.81. The zero-order valence-corrected chi connectivity index (χ0v) is 20.9. The van der Waals surface area contributed by atoms with Gasteiger partial charge in [-0.15, -0.1) is 0 Å². The van der Waals surface area contributed by atoms with Crippen LogP contribution in [0.3, 0.4) is 0 Å². The summed E-state index contributed by atoms with van der Waals surface area (Å²) in [5, 5.41) is 5.05. The van der Waals surface area contributed by atoms with Gasteiger partial charge in [-0.3, -0.25) is 4.90 Å². The fourth-order valence-corrected chi connectivity index (χ4v) is 4.60. The molecule has 2 heterocycles.